The monoisotopic (exact) mass is 272 g/mol. The molecular weight excluding hydrogens is 244 g/mol. The van der Waals surface area contributed by atoms with Crippen molar-refractivity contribution in [3.8, 4) is 0 Å². The number of aryl methyl sites for hydroxylation is 1. The van der Waals surface area contributed by atoms with Gasteiger partial charge in [0.2, 0.25) is 0 Å². The molecule has 0 amide bonds. The van der Waals surface area contributed by atoms with Crippen LogP contribution in [-0.4, -0.2) is 24.0 Å². The molecule has 0 radical (unpaired) electrons. The van der Waals surface area contributed by atoms with Gasteiger partial charge in [-0.05, 0) is 56.2 Å². The number of unbranched alkanes of at least 4 members (excludes halogenated alkanes) is 1. The number of nitrogens with zero attached hydrogens (tertiary/aromatic N) is 1. The largest absolute Gasteiger partial charge is 0.328 e. The molecule has 0 aromatic heterocycles. The average molecular weight is 272 g/mol. The number of hydrogen-bond acceptors (Lipinski definition) is 2. The minimum absolute atomic E-state index is 0.116. The SMILES string of the molecule is CCCCN(C1CC1)C1(CN)CCCc2ccccc21. The summed E-state index contributed by atoms with van der Waals surface area (Å²) in [6.07, 6.45) is 9.04. The van der Waals surface area contributed by atoms with E-state index in [1.165, 1.54) is 62.6 Å². The molecule has 2 nitrogen and oxygen atoms in total. The smallest absolute Gasteiger partial charge is 0.0588 e. The minimum atomic E-state index is 0.116. The second-order valence-corrected chi connectivity index (χ2v) is 6.52. The van der Waals surface area contributed by atoms with Crippen molar-refractivity contribution in [2.75, 3.05) is 13.1 Å². The average Bonchev–Trinajstić information content (AvgIpc) is 3.32. The molecule has 1 atom stereocenters. The molecule has 0 bridgehead atoms. The van der Waals surface area contributed by atoms with Crippen LogP contribution in [0.3, 0.4) is 0 Å². The van der Waals surface area contributed by atoms with Gasteiger partial charge in [0.05, 0.1) is 5.54 Å². The highest BCUT2D eigenvalue weighted by Crippen LogP contribution is 2.44. The first-order valence-corrected chi connectivity index (χ1v) is 8.37. The van der Waals surface area contributed by atoms with Crippen LogP contribution in [0, 0.1) is 0 Å². The second-order valence-electron chi connectivity index (χ2n) is 6.52. The Labute approximate surface area is 123 Å². The molecule has 1 saturated carbocycles. The molecular formula is C18H28N2. The van der Waals surface area contributed by atoms with Gasteiger partial charge in [0.1, 0.15) is 0 Å². The lowest BCUT2D eigenvalue weighted by Gasteiger charge is -2.47. The fourth-order valence-electron chi connectivity index (χ4n) is 3.99. The standard InChI is InChI=1S/C18H28N2/c1-2-3-13-20(16-10-11-16)18(14-19)12-6-8-15-7-4-5-9-17(15)18/h4-5,7,9,16H,2-3,6,8,10-14,19H2,1H3. The summed E-state index contributed by atoms with van der Waals surface area (Å²) in [6.45, 7) is 4.27. The van der Waals surface area contributed by atoms with Gasteiger partial charge >= 0.3 is 0 Å². The summed E-state index contributed by atoms with van der Waals surface area (Å²) >= 11 is 0. The van der Waals surface area contributed by atoms with Crippen molar-refractivity contribution >= 4 is 0 Å². The molecule has 2 N–H and O–H groups in total. The summed E-state index contributed by atoms with van der Waals surface area (Å²) in [6, 6.07) is 9.81. The molecule has 1 unspecified atom stereocenters. The van der Waals surface area contributed by atoms with E-state index in [1.807, 2.05) is 0 Å². The van der Waals surface area contributed by atoms with Crippen LogP contribution in [0.2, 0.25) is 0 Å². The molecule has 20 heavy (non-hydrogen) atoms. The maximum Gasteiger partial charge on any atom is 0.0588 e. The third kappa shape index (κ3) is 2.40. The summed E-state index contributed by atoms with van der Waals surface area (Å²) in [5.41, 5.74) is 9.52. The van der Waals surface area contributed by atoms with Crippen molar-refractivity contribution in [3.05, 3.63) is 35.4 Å². The number of rotatable bonds is 6. The normalized spacial score (nSPS) is 25.8. The van der Waals surface area contributed by atoms with Crippen LogP contribution >= 0.6 is 0 Å². The van der Waals surface area contributed by atoms with E-state index in [1.54, 1.807) is 0 Å². The molecule has 0 aliphatic heterocycles. The van der Waals surface area contributed by atoms with Crippen LogP contribution in [0.25, 0.3) is 0 Å². The highest BCUT2D eigenvalue weighted by atomic mass is 15.3. The maximum absolute atomic E-state index is 6.35. The lowest BCUT2D eigenvalue weighted by atomic mass is 9.75. The maximum atomic E-state index is 6.35. The molecule has 0 saturated heterocycles. The van der Waals surface area contributed by atoms with Crippen LogP contribution in [0.15, 0.2) is 24.3 Å². The van der Waals surface area contributed by atoms with E-state index in [0.29, 0.717) is 0 Å². The van der Waals surface area contributed by atoms with Gasteiger partial charge in [-0.2, -0.15) is 0 Å². The van der Waals surface area contributed by atoms with Crippen molar-refractivity contribution in [2.24, 2.45) is 5.73 Å². The molecule has 1 aromatic rings. The van der Waals surface area contributed by atoms with Gasteiger partial charge in [-0.15, -0.1) is 0 Å². The molecule has 1 fully saturated rings. The predicted molar refractivity (Wildman–Crippen MR) is 84.7 cm³/mol. The number of hydrogen-bond donors (Lipinski definition) is 1. The molecule has 1 aromatic carbocycles. The van der Waals surface area contributed by atoms with Crippen LogP contribution in [0.5, 0.6) is 0 Å². The summed E-state index contributed by atoms with van der Waals surface area (Å²) in [5.74, 6) is 0. The van der Waals surface area contributed by atoms with Crippen molar-refractivity contribution in [3.63, 3.8) is 0 Å². The Morgan fingerprint density at radius 1 is 1.30 bits per heavy atom. The first-order valence-electron chi connectivity index (χ1n) is 8.37. The predicted octanol–water partition coefficient (Wildman–Crippen LogP) is 3.44. The van der Waals surface area contributed by atoms with Crippen LogP contribution < -0.4 is 5.73 Å². The van der Waals surface area contributed by atoms with E-state index in [0.717, 1.165) is 12.6 Å². The highest BCUT2D eigenvalue weighted by molar-refractivity contribution is 5.37. The van der Waals surface area contributed by atoms with E-state index in [9.17, 15) is 0 Å². The molecule has 0 heterocycles. The van der Waals surface area contributed by atoms with Crippen LogP contribution in [0.4, 0.5) is 0 Å². The van der Waals surface area contributed by atoms with Crippen molar-refractivity contribution in [1.82, 2.24) is 4.90 Å². The second kappa shape index (κ2) is 5.87. The molecule has 3 rings (SSSR count). The van der Waals surface area contributed by atoms with Gasteiger partial charge in [0, 0.05) is 12.6 Å². The van der Waals surface area contributed by atoms with Gasteiger partial charge in [-0.1, -0.05) is 37.6 Å². The van der Waals surface area contributed by atoms with Gasteiger partial charge < -0.3 is 5.73 Å². The first kappa shape index (κ1) is 14.1. The zero-order chi connectivity index (χ0) is 14.0. The molecule has 110 valence electrons. The first-order chi connectivity index (χ1) is 9.81. The molecule has 0 spiro atoms. The third-order valence-electron chi connectivity index (χ3n) is 5.18. The third-order valence-corrected chi connectivity index (χ3v) is 5.18. The summed E-state index contributed by atoms with van der Waals surface area (Å²) in [5, 5.41) is 0. The molecule has 2 heteroatoms. The van der Waals surface area contributed by atoms with E-state index in [2.05, 4.69) is 36.1 Å². The Balaban J connectivity index is 1.97. The van der Waals surface area contributed by atoms with Gasteiger partial charge in [0.25, 0.3) is 0 Å². The van der Waals surface area contributed by atoms with Crippen LogP contribution in [-0.2, 0) is 12.0 Å². The molecule has 2 aliphatic rings. The number of nitrogens with two attached hydrogens (primary N) is 1. The van der Waals surface area contributed by atoms with Crippen molar-refractivity contribution < 1.29 is 0 Å². The molecule has 2 aliphatic carbocycles. The fourth-order valence-corrected chi connectivity index (χ4v) is 3.99. The highest BCUT2D eigenvalue weighted by Gasteiger charge is 2.46. The minimum Gasteiger partial charge on any atom is -0.328 e. The Morgan fingerprint density at radius 2 is 2.10 bits per heavy atom. The van der Waals surface area contributed by atoms with E-state index >= 15 is 0 Å². The number of benzene rings is 1. The van der Waals surface area contributed by atoms with E-state index in [4.69, 9.17) is 5.73 Å². The Hall–Kier alpha value is -0.860. The van der Waals surface area contributed by atoms with Gasteiger partial charge in [0.15, 0.2) is 0 Å². The lowest BCUT2D eigenvalue weighted by Crippen LogP contribution is -2.54. The Morgan fingerprint density at radius 3 is 2.80 bits per heavy atom. The van der Waals surface area contributed by atoms with E-state index < -0.39 is 0 Å². The van der Waals surface area contributed by atoms with Crippen molar-refractivity contribution in [2.45, 2.75) is 63.5 Å². The van der Waals surface area contributed by atoms with Crippen LogP contribution in [0.1, 0.15) is 56.6 Å². The quantitative estimate of drug-likeness (QED) is 0.859. The van der Waals surface area contributed by atoms with Gasteiger partial charge in [-0.3, -0.25) is 4.90 Å². The number of fused-ring (bicyclic) bond motifs is 1. The Kier molecular flexibility index (Phi) is 4.13. The van der Waals surface area contributed by atoms with E-state index in [-0.39, 0.29) is 5.54 Å². The summed E-state index contributed by atoms with van der Waals surface area (Å²) < 4.78 is 0. The lowest BCUT2D eigenvalue weighted by molar-refractivity contribution is 0.0635. The fraction of sp³-hybridized carbons (Fsp3) is 0.667. The zero-order valence-electron chi connectivity index (χ0n) is 12.8. The summed E-state index contributed by atoms with van der Waals surface area (Å²) in [4.78, 5) is 2.77. The topological polar surface area (TPSA) is 29.3 Å². The van der Waals surface area contributed by atoms with Crippen molar-refractivity contribution in [1.29, 1.82) is 0 Å². The Bertz CT molecular complexity index is 452. The van der Waals surface area contributed by atoms with Gasteiger partial charge in [-0.25, -0.2) is 0 Å². The zero-order valence-corrected chi connectivity index (χ0v) is 12.8. The summed E-state index contributed by atoms with van der Waals surface area (Å²) in [7, 11) is 0.